The van der Waals surface area contributed by atoms with Crippen molar-refractivity contribution in [2.24, 2.45) is 0 Å². The number of carbonyl (C=O) groups is 1. The monoisotopic (exact) mass is 332 g/mol. The summed E-state index contributed by atoms with van der Waals surface area (Å²) < 4.78 is 24.1. The smallest absolute Gasteiger partial charge is 0.347 e. The Labute approximate surface area is 118 Å². The van der Waals surface area contributed by atoms with Crippen LogP contribution >= 0.6 is 15.9 Å². The first-order valence-electron chi connectivity index (χ1n) is 5.90. The minimum atomic E-state index is -1.14. The second kappa shape index (κ2) is 5.88. The van der Waals surface area contributed by atoms with E-state index in [-0.39, 0.29) is 12.4 Å². The lowest BCUT2D eigenvalue weighted by Gasteiger charge is -2.17. The van der Waals surface area contributed by atoms with Crippen LogP contribution < -0.4 is 4.74 Å². The highest BCUT2D eigenvalue weighted by Crippen LogP contribution is 2.46. The average Bonchev–Trinajstić information content (AvgIpc) is 3.16. The van der Waals surface area contributed by atoms with Crippen LogP contribution in [0.5, 0.6) is 5.75 Å². The van der Waals surface area contributed by atoms with Crippen molar-refractivity contribution in [2.45, 2.75) is 24.9 Å². The highest BCUT2D eigenvalue weighted by atomic mass is 79.9. The number of hydrogen-bond acceptors (Lipinski definition) is 3. The van der Waals surface area contributed by atoms with Crippen molar-refractivity contribution >= 4 is 21.9 Å². The average molecular weight is 333 g/mol. The molecule has 0 heterocycles. The first-order chi connectivity index (χ1) is 9.02. The maximum Gasteiger partial charge on any atom is 0.347 e. The second-order valence-electron chi connectivity index (χ2n) is 4.48. The minimum absolute atomic E-state index is 0.0862. The van der Waals surface area contributed by atoms with E-state index in [4.69, 9.17) is 14.6 Å². The summed E-state index contributed by atoms with van der Waals surface area (Å²) in [7, 11) is 1.39. The molecule has 0 aliphatic heterocycles. The van der Waals surface area contributed by atoms with Gasteiger partial charge in [-0.25, -0.2) is 9.18 Å². The van der Waals surface area contributed by atoms with E-state index in [9.17, 15) is 9.18 Å². The number of halogens is 2. The van der Waals surface area contributed by atoms with Crippen LogP contribution in [-0.2, 0) is 9.53 Å². The number of rotatable bonds is 6. The number of aliphatic carboxylic acids is 1. The SMILES string of the molecule is COCC(Oc1cc(F)c(Br)cc1C1CC1)C(=O)O. The molecule has 0 radical (unpaired) electrons. The van der Waals surface area contributed by atoms with Crippen LogP contribution in [-0.4, -0.2) is 30.9 Å². The van der Waals surface area contributed by atoms with Gasteiger partial charge in [0.05, 0.1) is 11.1 Å². The van der Waals surface area contributed by atoms with Gasteiger partial charge in [-0.2, -0.15) is 0 Å². The highest BCUT2D eigenvalue weighted by Gasteiger charge is 2.30. The first-order valence-corrected chi connectivity index (χ1v) is 6.69. The van der Waals surface area contributed by atoms with Gasteiger partial charge in [0, 0.05) is 13.2 Å². The van der Waals surface area contributed by atoms with Gasteiger partial charge in [0.1, 0.15) is 11.6 Å². The number of ether oxygens (including phenoxy) is 2. The van der Waals surface area contributed by atoms with Crippen LogP contribution in [0.4, 0.5) is 4.39 Å². The van der Waals surface area contributed by atoms with Gasteiger partial charge >= 0.3 is 5.97 Å². The molecule has 1 saturated carbocycles. The standard InChI is InChI=1S/C13H14BrFO4/c1-18-6-12(13(16)17)19-11-5-10(15)9(14)4-8(11)7-2-3-7/h4-5,7,12H,2-3,6H2,1H3,(H,16,17). The zero-order chi connectivity index (χ0) is 14.0. The van der Waals surface area contributed by atoms with Crippen LogP contribution in [0, 0.1) is 5.82 Å². The molecule has 1 aliphatic carbocycles. The predicted molar refractivity (Wildman–Crippen MR) is 70.0 cm³/mol. The summed E-state index contributed by atoms with van der Waals surface area (Å²) in [6.07, 6.45) is 0.885. The van der Waals surface area contributed by atoms with Crippen LogP contribution in [0.1, 0.15) is 24.3 Å². The fraction of sp³-hybridized carbons (Fsp3) is 0.462. The molecule has 0 spiro atoms. The summed E-state index contributed by atoms with van der Waals surface area (Å²) in [5, 5.41) is 9.03. The molecule has 2 rings (SSSR count). The van der Waals surface area contributed by atoms with Crippen LogP contribution in [0.15, 0.2) is 16.6 Å². The van der Waals surface area contributed by atoms with Gasteiger partial charge < -0.3 is 14.6 Å². The Bertz CT molecular complexity index is 488. The maximum absolute atomic E-state index is 13.6. The van der Waals surface area contributed by atoms with Gasteiger partial charge in [-0.3, -0.25) is 0 Å². The molecule has 1 fully saturated rings. The van der Waals surface area contributed by atoms with Crippen molar-refractivity contribution in [3.8, 4) is 5.75 Å². The zero-order valence-corrected chi connectivity index (χ0v) is 11.9. The fourth-order valence-electron chi connectivity index (χ4n) is 1.82. The summed E-state index contributed by atoms with van der Waals surface area (Å²) in [6, 6.07) is 2.89. The van der Waals surface area contributed by atoms with E-state index in [1.165, 1.54) is 13.2 Å². The summed E-state index contributed by atoms with van der Waals surface area (Å²) in [5.41, 5.74) is 0.843. The molecular formula is C13H14BrFO4. The molecule has 0 aromatic heterocycles. The third-order valence-electron chi connectivity index (χ3n) is 2.93. The summed E-state index contributed by atoms with van der Waals surface area (Å²) in [4.78, 5) is 11.0. The Hall–Kier alpha value is -1.14. The quantitative estimate of drug-likeness (QED) is 0.870. The topological polar surface area (TPSA) is 55.8 Å². The van der Waals surface area contributed by atoms with Gasteiger partial charge in [0.15, 0.2) is 0 Å². The van der Waals surface area contributed by atoms with Gasteiger partial charge in [-0.05, 0) is 46.3 Å². The van der Waals surface area contributed by atoms with Crippen molar-refractivity contribution in [1.82, 2.24) is 0 Å². The molecule has 1 N–H and O–H groups in total. The molecule has 0 bridgehead atoms. The normalized spacial score (nSPS) is 16.2. The molecule has 1 aromatic rings. The minimum Gasteiger partial charge on any atom is -0.478 e. The molecule has 19 heavy (non-hydrogen) atoms. The van der Waals surface area contributed by atoms with E-state index in [0.717, 1.165) is 18.4 Å². The predicted octanol–water partition coefficient (Wildman–Crippen LogP) is 2.94. The number of carboxylic acid groups (broad SMARTS) is 1. The Kier molecular flexibility index (Phi) is 4.42. The van der Waals surface area contributed by atoms with Crippen molar-refractivity contribution in [3.05, 3.63) is 28.0 Å². The van der Waals surface area contributed by atoms with E-state index >= 15 is 0 Å². The van der Waals surface area contributed by atoms with Gasteiger partial charge in [0.25, 0.3) is 0 Å². The van der Waals surface area contributed by atoms with E-state index in [1.54, 1.807) is 6.07 Å². The van der Waals surface area contributed by atoms with Gasteiger partial charge in [-0.1, -0.05) is 0 Å². The van der Waals surface area contributed by atoms with E-state index < -0.39 is 17.9 Å². The molecular weight excluding hydrogens is 319 g/mol. The second-order valence-corrected chi connectivity index (χ2v) is 5.33. The van der Waals surface area contributed by atoms with Gasteiger partial charge in [0.2, 0.25) is 6.10 Å². The summed E-state index contributed by atoms with van der Waals surface area (Å²) in [6.45, 7) is -0.0862. The summed E-state index contributed by atoms with van der Waals surface area (Å²) >= 11 is 3.13. The summed E-state index contributed by atoms with van der Waals surface area (Å²) in [5.74, 6) is -0.996. The first kappa shape index (κ1) is 14.3. The van der Waals surface area contributed by atoms with Crippen molar-refractivity contribution in [1.29, 1.82) is 0 Å². The third kappa shape index (κ3) is 3.45. The lowest BCUT2D eigenvalue weighted by Crippen LogP contribution is -2.32. The van der Waals surface area contributed by atoms with Crippen molar-refractivity contribution in [3.63, 3.8) is 0 Å². The molecule has 1 aromatic carbocycles. The maximum atomic E-state index is 13.6. The van der Waals surface area contributed by atoms with Crippen molar-refractivity contribution < 1.29 is 23.8 Å². The lowest BCUT2D eigenvalue weighted by atomic mass is 10.1. The van der Waals surface area contributed by atoms with Crippen LogP contribution in [0.25, 0.3) is 0 Å². The van der Waals surface area contributed by atoms with Gasteiger partial charge in [-0.15, -0.1) is 0 Å². The Morgan fingerprint density at radius 2 is 2.26 bits per heavy atom. The number of carboxylic acids is 1. The molecule has 0 saturated heterocycles. The fourth-order valence-corrected chi connectivity index (χ4v) is 2.18. The zero-order valence-electron chi connectivity index (χ0n) is 10.4. The van der Waals surface area contributed by atoms with E-state index in [2.05, 4.69) is 15.9 Å². The molecule has 104 valence electrons. The number of hydrogen-bond donors (Lipinski definition) is 1. The number of methoxy groups -OCH3 is 1. The molecule has 1 aliphatic rings. The molecule has 1 unspecified atom stereocenters. The van der Waals surface area contributed by atoms with E-state index in [1.807, 2.05) is 0 Å². The molecule has 6 heteroatoms. The molecule has 1 atom stereocenters. The van der Waals surface area contributed by atoms with E-state index in [0.29, 0.717) is 10.4 Å². The largest absolute Gasteiger partial charge is 0.478 e. The number of benzene rings is 1. The Morgan fingerprint density at radius 3 is 2.79 bits per heavy atom. The molecule has 0 amide bonds. The third-order valence-corrected chi connectivity index (χ3v) is 3.54. The van der Waals surface area contributed by atoms with Crippen LogP contribution in [0.3, 0.4) is 0 Å². The van der Waals surface area contributed by atoms with Crippen molar-refractivity contribution in [2.75, 3.05) is 13.7 Å². The van der Waals surface area contributed by atoms with Crippen LogP contribution in [0.2, 0.25) is 0 Å². The lowest BCUT2D eigenvalue weighted by molar-refractivity contribution is -0.147. The molecule has 4 nitrogen and oxygen atoms in total. The highest BCUT2D eigenvalue weighted by molar-refractivity contribution is 9.10. The Morgan fingerprint density at radius 1 is 1.58 bits per heavy atom. The Balaban J connectivity index is 2.27.